The number of nitrogens with one attached hydrogen (secondary N) is 2. The van der Waals surface area contributed by atoms with Crippen LogP contribution in [0.3, 0.4) is 0 Å². The second-order valence-electron chi connectivity index (χ2n) is 3.66. The summed E-state index contributed by atoms with van der Waals surface area (Å²) in [4.78, 5) is 1.36. The van der Waals surface area contributed by atoms with Crippen molar-refractivity contribution >= 4 is 28.6 Å². The Morgan fingerprint density at radius 2 is 1.94 bits per heavy atom. The van der Waals surface area contributed by atoms with E-state index in [1.807, 2.05) is 24.3 Å². The number of para-hydroxylation sites is 1. The van der Waals surface area contributed by atoms with Crippen LogP contribution < -0.4 is 10.6 Å². The van der Waals surface area contributed by atoms with Gasteiger partial charge in [-0.3, -0.25) is 0 Å². The van der Waals surface area contributed by atoms with Gasteiger partial charge in [0, 0.05) is 24.5 Å². The molecule has 0 aliphatic heterocycles. The maximum Gasteiger partial charge on any atom is 0.0637 e. The highest BCUT2D eigenvalue weighted by Gasteiger charge is 1.97. The molecule has 17 heavy (non-hydrogen) atoms. The minimum Gasteiger partial charge on any atom is -0.383 e. The molecule has 2 nitrogen and oxygen atoms in total. The molecule has 1 aromatic heterocycles. The van der Waals surface area contributed by atoms with Gasteiger partial charge in [0.05, 0.1) is 10.7 Å². The van der Waals surface area contributed by atoms with Gasteiger partial charge < -0.3 is 10.6 Å². The Labute approximate surface area is 111 Å². The van der Waals surface area contributed by atoms with E-state index in [2.05, 4.69) is 28.1 Å². The molecular formula is C13H15ClN2S. The largest absolute Gasteiger partial charge is 0.383 e. The van der Waals surface area contributed by atoms with Crippen molar-refractivity contribution in [1.29, 1.82) is 0 Å². The fourth-order valence-electron chi connectivity index (χ4n) is 1.51. The van der Waals surface area contributed by atoms with E-state index in [1.54, 1.807) is 11.3 Å². The summed E-state index contributed by atoms with van der Waals surface area (Å²) in [6.45, 7) is 2.72. The van der Waals surface area contributed by atoms with Crippen LogP contribution in [0.5, 0.6) is 0 Å². The molecule has 1 aromatic carbocycles. The highest BCUT2D eigenvalue weighted by atomic mass is 35.5. The third kappa shape index (κ3) is 4.04. The van der Waals surface area contributed by atoms with Crippen LogP contribution in [-0.4, -0.2) is 13.1 Å². The molecule has 0 spiro atoms. The van der Waals surface area contributed by atoms with Crippen molar-refractivity contribution in [3.05, 3.63) is 51.7 Å². The standard InChI is InChI=1S/C13H15ClN2S/c14-12-5-1-2-6-13(12)16-8-7-15-10-11-4-3-9-17-11/h1-6,9,15-16H,7-8,10H2. The number of rotatable bonds is 6. The Morgan fingerprint density at radius 1 is 1.06 bits per heavy atom. The Kier molecular flexibility index (Phi) is 4.86. The maximum absolute atomic E-state index is 6.04. The maximum atomic E-state index is 6.04. The smallest absolute Gasteiger partial charge is 0.0637 e. The minimum absolute atomic E-state index is 0.769. The van der Waals surface area contributed by atoms with Crippen molar-refractivity contribution in [3.63, 3.8) is 0 Å². The predicted molar refractivity (Wildman–Crippen MR) is 76.0 cm³/mol. The quantitative estimate of drug-likeness (QED) is 0.781. The molecule has 0 aliphatic rings. The number of benzene rings is 1. The van der Waals surface area contributed by atoms with E-state index >= 15 is 0 Å². The summed E-state index contributed by atoms with van der Waals surface area (Å²) in [5, 5.41) is 9.55. The van der Waals surface area contributed by atoms with E-state index in [0.29, 0.717) is 0 Å². The summed E-state index contributed by atoms with van der Waals surface area (Å²) in [5.74, 6) is 0. The van der Waals surface area contributed by atoms with Crippen molar-refractivity contribution in [3.8, 4) is 0 Å². The van der Waals surface area contributed by atoms with Crippen LogP contribution in [0.1, 0.15) is 4.88 Å². The number of hydrogen-bond acceptors (Lipinski definition) is 3. The molecule has 90 valence electrons. The van der Waals surface area contributed by atoms with E-state index in [4.69, 9.17) is 11.6 Å². The summed E-state index contributed by atoms with van der Waals surface area (Å²) in [6, 6.07) is 12.0. The van der Waals surface area contributed by atoms with Crippen molar-refractivity contribution < 1.29 is 0 Å². The molecule has 2 N–H and O–H groups in total. The molecule has 0 radical (unpaired) electrons. The number of thiophene rings is 1. The van der Waals surface area contributed by atoms with E-state index in [1.165, 1.54) is 4.88 Å². The lowest BCUT2D eigenvalue weighted by molar-refractivity contribution is 0.714. The molecule has 0 saturated carbocycles. The highest BCUT2D eigenvalue weighted by molar-refractivity contribution is 7.09. The highest BCUT2D eigenvalue weighted by Crippen LogP contribution is 2.19. The molecule has 2 rings (SSSR count). The van der Waals surface area contributed by atoms with Gasteiger partial charge in [0.2, 0.25) is 0 Å². The predicted octanol–water partition coefficient (Wildman–Crippen LogP) is 3.60. The van der Waals surface area contributed by atoms with Crippen molar-refractivity contribution in [2.75, 3.05) is 18.4 Å². The van der Waals surface area contributed by atoms with Crippen LogP contribution in [0.15, 0.2) is 41.8 Å². The van der Waals surface area contributed by atoms with Gasteiger partial charge >= 0.3 is 0 Å². The lowest BCUT2D eigenvalue weighted by Crippen LogP contribution is -2.21. The Hall–Kier alpha value is -1.03. The van der Waals surface area contributed by atoms with Crippen molar-refractivity contribution in [2.24, 2.45) is 0 Å². The molecule has 4 heteroatoms. The molecule has 2 aromatic rings. The summed E-state index contributed by atoms with van der Waals surface area (Å²) in [5.41, 5.74) is 0.993. The van der Waals surface area contributed by atoms with Crippen LogP contribution in [0.25, 0.3) is 0 Å². The average molecular weight is 267 g/mol. The zero-order valence-electron chi connectivity index (χ0n) is 9.45. The number of anilines is 1. The first-order chi connectivity index (χ1) is 8.36. The molecule has 1 heterocycles. The van der Waals surface area contributed by atoms with Crippen LogP contribution >= 0.6 is 22.9 Å². The van der Waals surface area contributed by atoms with Gasteiger partial charge in [0.25, 0.3) is 0 Å². The van der Waals surface area contributed by atoms with Gasteiger partial charge in [-0.2, -0.15) is 0 Å². The number of halogens is 1. The lowest BCUT2D eigenvalue weighted by Gasteiger charge is -2.08. The van der Waals surface area contributed by atoms with Gasteiger partial charge in [-0.25, -0.2) is 0 Å². The second-order valence-corrected chi connectivity index (χ2v) is 5.10. The van der Waals surface area contributed by atoms with Gasteiger partial charge in [-0.15, -0.1) is 11.3 Å². The first kappa shape index (κ1) is 12.4. The Morgan fingerprint density at radius 3 is 2.71 bits per heavy atom. The van der Waals surface area contributed by atoms with Crippen LogP contribution in [0.2, 0.25) is 5.02 Å². The molecule has 0 saturated heterocycles. The molecule has 0 atom stereocenters. The fourth-order valence-corrected chi connectivity index (χ4v) is 2.39. The van der Waals surface area contributed by atoms with Gasteiger partial charge in [0.15, 0.2) is 0 Å². The summed E-state index contributed by atoms with van der Waals surface area (Å²) in [6.07, 6.45) is 0. The van der Waals surface area contributed by atoms with E-state index in [9.17, 15) is 0 Å². The van der Waals surface area contributed by atoms with Gasteiger partial charge in [-0.1, -0.05) is 29.8 Å². The molecule has 0 bridgehead atoms. The first-order valence-electron chi connectivity index (χ1n) is 5.58. The lowest BCUT2D eigenvalue weighted by atomic mass is 10.3. The SMILES string of the molecule is Clc1ccccc1NCCNCc1cccs1. The van der Waals surface area contributed by atoms with Crippen molar-refractivity contribution in [2.45, 2.75) is 6.54 Å². The summed E-state index contributed by atoms with van der Waals surface area (Å²) < 4.78 is 0. The van der Waals surface area contributed by atoms with E-state index < -0.39 is 0 Å². The molecular weight excluding hydrogens is 252 g/mol. The Bertz CT molecular complexity index is 442. The normalized spacial score (nSPS) is 10.4. The number of hydrogen-bond donors (Lipinski definition) is 2. The van der Waals surface area contributed by atoms with Crippen LogP contribution in [-0.2, 0) is 6.54 Å². The summed E-state index contributed by atoms with van der Waals surface area (Å²) in [7, 11) is 0. The minimum atomic E-state index is 0.769. The van der Waals surface area contributed by atoms with E-state index in [0.717, 1.165) is 30.3 Å². The zero-order valence-corrected chi connectivity index (χ0v) is 11.0. The molecule has 0 fully saturated rings. The zero-order chi connectivity index (χ0) is 11.9. The van der Waals surface area contributed by atoms with Crippen molar-refractivity contribution in [1.82, 2.24) is 5.32 Å². The monoisotopic (exact) mass is 266 g/mol. The second kappa shape index (κ2) is 6.64. The third-order valence-electron chi connectivity index (χ3n) is 2.37. The van der Waals surface area contributed by atoms with Gasteiger partial charge in [-0.05, 0) is 23.6 Å². The third-order valence-corrected chi connectivity index (χ3v) is 3.58. The van der Waals surface area contributed by atoms with E-state index in [-0.39, 0.29) is 0 Å². The van der Waals surface area contributed by atoms with Crippen LogP contribution in [0, 0.1) is 0 Å². The topological polar surface area (TPSA) is 24.1 Å². The Balaban J connectivity index is 1.65. The molecule has 0 amide bonds. The average Bonchev–Trinajstić information content (AvgIpc) is 2.84. The van der Waals surface area contributed by atoms with Gasteiger partial charge in [0.1, 0.15) is 0 Å². The fraction of sp³-hybridized carbons (Fsp3) is 0.231. The van der Waals surface area contributed by atoms with Crippen LogP contribution in [0.4, 0.5) is 5.69 Å². The molecule has 0 unspecified atom stereocenters. The first-order valence-corrected chi connectivity index (χ1v) is 6.83. The summed E-state index contributed by atoms with van der Waals surface area (Å²) >= 11 is 7.81. The molecule has 0 aliphatic carbocycles.